The summed E-state index contributed by atoms with van der Waals surface area (Å²) >= 11 is 0. The van der Waals surface area contributed by atoms with Crippen molar-refractivity contribution < 1.29 is 0 Å². The van der Waals surface area contributed by atoms with Crippen molar-refractivity contribution in [2.24, 2.45) is 23.7 Å². The second-order valence-electron chi connectivity index (χ2n) is 5.07. The zero-order valence-electron chi connectivity index (χ0n) is 9.14. The second-order valence-corrected chi connectivity index (χ2v) is 5.07. The first-order valence-corrected chi connectivity index (χ1v) is 5.61. The molecule has 12 heavy (non-hydrogen) atoms. The Morgan fingerprint density at radius 2 is 1.08 bits per heavy atom. The Morgan fingerprint density at radius 1 is 0.667 bits per heavy atom. The predicted molar refractivity (Wildman–Crippen MR) is 55.1 cm³/mol. The van der Waals surface area contributed by atoms with Gasteiger partial charge in [-0.15, -0.1) is 0 Å². The standard InChI is InChI=1S/C12H24/c1-9-5-7-10(2)12(4)11(3)8-6-9/h9-12H,5-8H2,1-4H3. The second kappa shape index (κ2) is 4.30. The Labute approximate surface area is 77.7 Å². The van der Waals surface area contributed by atoms with Crippen molar-refractivity contribution in [3.05, 3.63) is 0 Å². The van der Waals surface area contributed by atoms with Crippen LogP contribution in [0.3, 0.4) is 0 Å². The Balaban J connectivity index is 2.48. The first kappa shape index (κ1) is 10.1. The molecule has 1 aliphatic carbocycles. The summed E-state index contributed by atoms with van der Waals surface area (Å²) < 4.78 is 0. The van der Waals surface area contributed by atoms with Gasteiger partial charge in [0.2, 0.25) is 0 Å². The van der Waals surface area contributed by atoms with E-state index in [1.807, 2.05) is 0 Å². The quantitative estimate of drug-likeness (QED) is 0.511. The lowest BCUT2D eigenvalue weighted by Gasteiger charge is -2.30. The van der Waals surface area contributed by atoms with Gasteiger partial charge in [-0.05, 0) is 23.7 Å². The number of hydrogen-bond donors (Lipinski definition) is 0. The first-order chi connectivity index (χ1) is 5.61. The molecule has 0 heteroatoms. The van der Waals surface area contributed by atoms with Crippen LogP contribution >= 0.6 is 0 Å². The molecule has 1 rings (SSSR count). The van der Waals surface area contributed by atoms with E-state index in [1.54, 1.807) is 0 Å². The van der Waals surface area contributed by atoms with E-state index in [9.17, 15) is 0 Å². The third-order valence-corrected chi connectivity index (χ3v) is 4.02. The lowest BCUT2D eigenvalue weighted by Crippen LogP contribution is -2.20. The molecule has 0 N–H and O–H groups in total. The van der Waals surface area contributed by atoms with E-state index in [2.05, 4.69) is 27.7 Å². The minimum Gasteiger partial charge on any atom is -0.0625 e. The molecular weight excluding hydrogens is 144 g/mol. The molecule has 0 heterocycles. The molecule has 2 atom stereocenters. The number of hydrogen-bond acceptors (Lipinski definition) is 0. The summed E-state index contributed by atoms with van der Waals surface area (Å²) in [5, 5.41) is 0. The van der Waals surface area contributed by atoms with E-state index in [0.29, 0.717) is 0 Å². The molecule has 0 saturated heterocycles. The topological polar surface area (TPSA) is 0 Å². The van der Waals surface area contributed by atoms with Crippen molar-refractivity contribution in [2.75, 3.05) is 0 Å². The van der Waals surface area contributed by atoms with E-state index in [0.717, 1.165) is 23.7 Å². The lowest BCUT2D eigenvalue weighted by molar-refractivity contribution is 0.202. The summed E-state index contributed by atoms with van der Waals surface area (Å²) in [6.45, 7) is 9.71. The summed E-state index contributed by atoms with van der Waals surface area (Å²) in [7, 11) is 0. The highest BCUT2D eigenvalue weighted by atomic mass is 14.3. The van der Waals surface area contributed by atoms with Gasteiger partial charge in [-0.1, -0.05) is 53.4 Å². The van der Waals surface area contributed by atoms with E-state index >= 15 is 0 Å². The smallest absolute Gasteiger partial charge is 0.0391 e. The van der Waals surface area contributed by atoms with Crippen LogP contribution < -0.4 is 0 Å². The highest BCUT2D eigenvalue weighted by molar-refractivity contribution is 4.73. The van der Waals surface area contributed by atoms with E-state index in [1.165, 1.54) is 25.7 Å². The molecule has 0 bridgehead atoms. The molecular formula is C12H24. The maximum atomic E-state index is 2.44. The van der Waals surface area contributed by atoms with Crippen LogP contribution in [0.5, 0.6) is 0 Å². The molecule has 0 nitrogen and oxygen atoms in total. The molecule has 1 saturated carbocycles. The van der Waals surface area contributed by atoms with Crippen LogP contribution in [-0.2, 0) is 0 Å². The average molecular weight is 168 g/mol. The van der Waals surface area contributed by atoms with Gasteiger partial charge in [-0.25, -0.2) is 0 Å². The zero-order valence-corrected chi connectivity index (χ0v) is 9.14. The molecule has 0 spiro atoms. The highest BCUT2D eigenvalue weighted by Crippen LogP contribution is 2.33. The van der Waals surface area contributed by atoms with Crippen LogP contribution in [0.1, 0.15) is 53.4 Å². The molecule has 0 aromatic heterocycles. The zero-order chi connectivity index (χ0) is 9.14. The average Bonchev–Trinajstić information content (AvgIpc) is 2.07. The third-order valence-electron chi connectivity index (χ3n) is 4.02. The third kappa shape index (κ3) is 2.50. The Morgan fingerprint density at radius 3 is 1.50 bits per heavy atom. The van der Waals surface area contributed by atoms with E-state index in [-0.39, 0.29) is 0 Å². The number of rotatable bonds is 0. The van der Waals surface area contributed by atoms with Gasteiger partial charge in [-0.3, -0.25) is 0 Å². The van der Waals surface area contributed by atoms with E-state index in [4.69, 9.17) is 0 Å². The van der Waals surface area contributed by atoms with Crippen molar-refractivity contribution in [3.63, 3.8) is 0 Å². The Bertz CT molecular complexity index is 114. The van der Waals surface area contributed by atoms with Crippen molar-refractivity contribution in [2.45, 2.75) is 53.4 Å². The van der Waals surface area contributed by atoms with Gasteiger partial charge in [0.15, 0.2) is 0 Å². The minimum atomic E-state index is 0.942. The summed E-state index contributed by atoms with van der Waals surface area (Å²) in [5.41, 5.74) is 0. The van der Waals surface area contributed by atoms with Crippen LogP contribution in [0.4, 0.5) is 0 Å². The molecule has 0 amide bonds. The van der Waals surface area contributed by atoms with E-state index < -0.39 is 0 Å². The van der Waals surface area contributed by atoms with Crippen molar-refractivity contribution >= 4 is 0 Å². The van der Waals surface area contributed by atoms with Crippen molar-refractivity contribution in [1.29, 1.82) is 0 Å². The molecule has 2 unspecified atom stereocenters. The largest absolute Gasteiger partial charge is 0.0625 e. The van der Waals surface area contributed by atoms with Gasteiger partial charge in [0.05, 0.1) is 0 Å². The molecule has 1 fully saturated rings. The normalized spacial score (nSPS) is 45.0. The maximum absolute atomic E-state index is 2.44. The fourth-order valence-electron chi connectivity index (χ4n) is 2.33. The van der Waals surface area contributed by atoms with Gasteiger partial charge >= 0.3 is 0 Å². The molecule has 72 valence electrons. The fourth-order valence-corrected chi connectivity index (χ4v) is 2.33. The highest BCUT2D eigenvalue weighted by Gasteiger charge is 2.22. The molecule has 0 radical (unpaired) electrons. The summed E-state index contributed by atoms with van der Waals surface area (Å²) in [6, 6.07) is 0. The SMILES string of the molecule is CC1CCC(C)C(C)C(C)CC1. The van der Waals surface area contributed by atoms with Crippen molar-refractivity contribution in [3.8, 4) is 0 Å². The monoisotopic (exact) mass is 168 g/mol. The van der Waals surface area contributed by atoms with Crippen LogP contribution in [0, 0.1) is 23.7 Å². The first-order valence-electron chi connectivity index (χ1n) is 5.61. The van der Waals surface area contributed by atoms with Gasteiger partial charge in [0.1, 0.15) is 0 Å². The van der Waals surface area contributed by atoms with Crippen molar-refractivity contribution in [1.82, 2.24) is 0 Å². The van der Waals surface area contributed by atoms with Crippen LogP contribution in [0.2, 0.25) is 0 Å². The van der Waals surface area contributed by atoms with Gasteiger partial charge < -0.3 is 0 Å². The van der Waals surface area contributed by atoms with Gasteiger partial charge in [-0.2, -0.15) is 0 Å². The van der Waals surface area contributed by atoms with Crippen LogP contribution in [0.25, 0.3) is 0 Å². The predicted octanol–water partition coefficient (Wildman–Crippen LogP) is 4.10. The minimum absolute atomic E-state index is 0.942. The molecule has 0 aromatic carbocycles. The summed E-state index contributed by atoms with van der Waals surface area (Å²) in [6.07, 6.45) is 5.82. The summed E-state index contributed by atoms with van der Waals surface area (Å²) in [5.74, 6) is 3.81. The molecule has 0 aromatic rings. The fraction of sp³-hybridized carbons (Fsp3) is 1.00. The molecule has 1 aliphatic rings. The van der Waals surface area contributed by atoms with Crippen LogP contribution in [-0.4, -0.2) is 0 Å². The maximum Gasteiger partial charge on any atom is -0.0391 e. The summed E-state index contributed by atoms with van der Waals surface area (Å²) in [4.78, 5) is 0. The molecule has 0 aliphatic heterocycles. The Hall–Kier alpha value is 0. The Kier molecular flexibility index (Phi) is 3.61. The van der Waals surface area contributed by atoms with Crippen LogP contribution in [0.15, 0.2) is 0 Å². The van der Waals surface area contributed by atoms with Gasteiger partial charge in [0.25, 0.3) is 0 Å². The van der Waals surface area contributed by atoms with Gasteiger partial charge in [0, 0.05) is 0 Å². The lowest BCUT2D eigenvalue weighted by atomic mass is 9.75.